The second kappa shape index (κ2) is 11.8. The Morgan fingerprint density at radius 1 is 1.14 bits per heavy atom. The van der Waals surface area contributed by atoms with Gasteiger partial charge in [0, 0.05) is 12.8 Å². The van der Waals surface area contributed by atoms with Crippen LogP contribution < -0.4 is 16.1 Å². The van der Waals surface area contributed by atoms with Crippen LogP contribution in [0.2, 0.25) is 0 Å². The number of hydrogen-bond acceptors (Lipinski definition) is 6. The molecule has 2 atom stereocenters. The summed E-state index contributed by atoms with van der Waals surface area (Å²) in [6.07, 6.45) is -0.849. The maximum absolute atomic E-state index is 12.3. The predicted octanol–water partition coefficient (Wildman–Crippen LogP) is 0.993. The highest BCUT2D eigenvalue weighted by Crippen LogP contribution is 2.04. The van der Waals surface area contributed by atoms with Gasteiger partial charge in [0.1, 0.15) is 18.7 Å². The van der Waals surface area contributed by atoms with Crippen molar-refractivity contribution in [1.29, 1.82) is 0 Å². The molecule has 0 aliphatic carbocycles. The lowest BCUT2D eigenvalue weighted by atomic mass is 10.0. The summed E-state index contributed by atoms with van der Waals surface area (Å²) < 4.78 is 5.02. The molecule has 0 saturated heterocycles. The van der Waals surface area contributed by atoms with E-state index in [9.17, 15) is 19.2 Å². The van der Waals surface area contributed by atoms with E-state index in [-0.39, 0.29) is 18.3 Å². The molecule has 0 radical (unpaired) electrons. The summed E-state index contributed by atoms with van der Waals surface area (Å²) in [5, 5.41) is 14.6. The minimum absolute atomic E-state index is 0.0272. The fourth-order valence-corrected chi connectivity index (χ4v) is 2.40. The van der Waals surface area contributed by atoms with Gasteiger partial charge in [0.05, 0.1) is 0 Å². The topological polar surface area (TPSA) is 137 Å². The van der Waals surface area contributed by atoms with Crippen molar-refractivity contribution in [2.24, 2.45) is 5.92 Å². The van der Waals surface area contributed by atoms with E-state index in [1.165, 1.54) is 7.05 Å². The van der Waals surface area contributed by atoms with Gasteiger partial charge >= 0.3 is 18.1 Å². The number of ether oxygens (including phenoxy) is 1. The lowest BCUT2D eigenvalue weighted by Crippen LogP contribution is -2.58. The highest BCUT2D eigenvalue weighted by molar-refractivity contribution is 7.80. The average Bonchev–Trinajstić information content (AvgIpc) is 2.68. The number of aliphatic carboxylic acids is 1. The molecule has 0 aromatic heterocycles. The Bertz CT molecular complexity index is 716. The van der Waals surface area contributed by atoms with Crippen molar-refractivity contribution in [3.63, 3.8) is 0 Å². The fraction of sp³-hybridized carbons (Fsp3) is 0.444. The van der Waals surface area contributed by atoms with E-state index in [1.807, 2.05) is 6.07 Å². The maximum atomic E-state index is 12.3. The summed E-state index contributed by atoms with van der Waals surface area (Å²) in [5.74, 6) is -2.35. The van der Waals surface area contributed by atoms with Crippen LogP contribution in [0.3, 0.4) is 0 Å². The molecule has 1 rings (SSSR count). The molecule has 4 amide bonds. The maximum Gasteiger partial charge on any atom is 0.426 e. The van der Waals surface area contributed by atoms with Gasteiger partial charge in [-0.1, -0.05) is 44.2 Å². The van der Waals surface area contributed by atoms with Gasteiger partial charge in [-0.2, -0.15) is 12.6 Å². The third kappa shape index (κ3) is 8.30. The van der Waals surface area contributed by atoms with Crippen molar-refractivity contribution in [2.45, 2.75) is 32.5 Å². The van der Waals surface area contributed by atoms with Crippen molar-refractivity contribution in [3.8, 4) is 0 Å². The number of rotatable bonds is 8. The minimum atomic E-state index is -1.23. The van der Waals surface area contributed by atoms with Crippen LogP contribution in [0.15, 0.2) is 30.3 Å². The van der Waals surface area contributed by atoms with Gasteiger partial charge < -0.3 is 20.5 Å². The zero-order valence-electron chi connectivity index (χ0n) is 16.4. The minimum Gasteiger partial charge on any atom is -0.480 e. The normalized spacial score (nSPS) is 12.4. The van der Waals surface area contributed by atoms with Gasteiger partial charge in [-0.05, 0) is 11.5 Å². The number of nitrogens with one attached hydrogen (secondary N) is 3. The van der Waals surface area contributed by atoms with Crippen LogP contribution in [0.4, 0.5) is 9.59 Å². The number of hydrogen-bond donors (Lipinski definition) is 5. The van der Waals surface area contributed by atoms with E-state index in [0.717, 1.165) is 10.6 Å². The number of carboxylic acid groups (broad SMARTS) is 1. The first-order valence-electron chi connectivity index (χ1n) is 8.81. The fourth-order valence-electron chi connectivity index (χ4n) is 2.15. The first kappa shape index (κ1) is 24.1. The monoisotopic (exact) mass is 426 g/mol. The van der Waals surface area contributed by atoms with Crippen LogP contribution in [0.5, 0.6) is 0 Å². The Balaban J connectivity index is 2.59. The summed E-state index contributed by atoms with van der Waals surface area (Å²) in [6.45, 7) is 3.39. The summed E-state index contributed by atoms with van der Waals surface area (Å²) in [7, 11) is 1.28. The lowest BCUT2D eigenvalue weighted by molar-refractivity contribution is -0.141. The first-order chi connectivity index (χ1) is 13.6. The third-order valence-electron chi connectivity index (χ3n) is 3.80. The summed E-state index contributed by atoms with van der Waals surface area (Å²) in [5.41, 5.74) is 3.01. The van der Waals surface area contributed by atoms with Crippen LogP contribution in [0.1, 0.15) is 19.4 Å². The van der Waals surface area contributed by atoms with E-state index < -0.39 is 36.1 Å². The van der Waals surface area contributed by atoms with Gasteiger partial charge in [0.15, 0.2) is 0 Å². The van der Waals surface area contributed by atoms with Crippen molar-refractivity contribution in [2.75, 3.05) is 12.8 Å². The molecule has 0 aliphatic heterocycles. The Morgan fingerprint density at radius 2 is 1.76 bits per heavy atom. The van der Waals surface area contributed by atoms with Crippen LogP contribution in [-0.4, -0.2) is 59.0 Å². The molecule has 11 heteroatoms. The number of hydrazine groups is 1. The van der Waals surface area contributed by atoms with Gasteiger partial charge in [-0.15, -0.1) is 0 Å². The zero-order chi connectivity index (χ0) is 22.0. The third-order valence-corrected chi connectivity index (χ3v) is 4.17. The second-order valence-corrected chi connectivity index (χ2v) is 6.85. The molecular weight excluding hydrogens is 400 g/mol. The molecular formula is C18H26N4O6S. The molecule has 0 unspecified atom stereocenters. The van der Waals surface area contributed by atoms with Crippen molar-refractivity contribution < 1.29 is 29.0 Å². The van der Waals surface area contributed by atoms with Crippen molar-refractivity contribution in [3.05, 3.63) is 35.9 Å². The lowest BCUT2D eigenvalue weighted by Gasteiger charge is -2.26. The molecule has 160 valence electrons. The van der Waals surface area contributed by atoms with E-state index in [1.54, 1.807) is 38.1 Å². The molecule has 1 aromatic rings. The number of urea groups is 1. The average molecular weight is 426 g/mol. The van der Waals surface area contributed by atoms with Gasteiger partial charge in [-0.25, -0.2) is 24.8 Å². The quantitative estimate of drug-likeness (QED) is 0.311. The second-order valence-electron chi connectivity index (χ2n) is 6.49. The van der Waals surface area contributed by atoms with Crippen LogP contribution in [0.25, 0.3) is 0 Å². The van der Waals surface area contributed by atoms with E-state index in [0.29, 0.717) is 0 Å². The SMILES string of the molecule is CC(C)[C@H](NC(=O)N(C)NC(=O)OCc1ccccc1)C(=O)N[C@@H](CS)C(=O)O. The summed E-state index contributed by atoms with van der Waals surface area (Å²) in [4.78, 5) is 47.5. The molecule has 0 aliphatic rings. The smallest absolute Gasteiger partial charge is 0.426 e. The Labute approximate surface area is 174 Å². The van der Waals surface area contributed by atoms with Crippen LogP contribution in [0, 0.1) is 5.92 Å². The predicted molar refractivity (Wildman–Crippen MR) is 108 cm³/mol. The van der Waals surface area contributed by atoms with Gasteiger partial charge in [0.2, 0.25) is 5.91 Å². The molecule has 0 fully saturated rings. The van der Waals surface area contributed by atoms with Crippen LogP contribution >= 0.6 is 12.6 Å². The Morgan fingerprint density at radius 3 is 2.28 bits per heavy atom. The molecule has 0 heterocycles. The van der Waals surface area contributed by atoms with E-state index in [2.05, 4.69) is 28.7 Å². The number of amides is 4. The summed E-state index contributed by atoms with van der Waals surface area (Å²) >= 11 is 3.88. The van der Waals surface area contributed by atoms with Crippen LogP contribution in [-0.2, 0) is 20.9 Å². The standard InChI is InChI=1S/C18H26N4O6S/c1-11(2)14(15(23)19-13(10-29)16(24)25)20-17(26)22(3)21-18(27)28-9-12-7-5-4-6-8-12/h4-8,11,13-14,29H,9-10H2,1-3H3,(H,19,23)(H,20,26)(H,21,27)(H,24,25)/t13-,14-/m0/s1. The number of carboxylic acids is 1. The highest BCUT2D eigenvalue weighted by Gasteiger charge is 2.29. The van der Waals surface area contributed by atoms with E-state index in [4.69, 9.17) is 9.84 Å². The molecule has 4 N–H and O–H groups in total. The molecule has 29 heavy (non-hydrogen) atoms. The van der Waals surface area contributed by atoms with Gasteiger partial charge in [0.25, 0.3) is 0 Å². The van der Waals surface area contributed by atoms with E-state index >= 15 is 0 Å². The number of carbonyl (C=O) groups excluding carboxylic acids is 3. The van der Waals surface area contributed by atoms with Gasteiger partial charge in [-0.3, -0.25) is 4.79 Å². The zero-order valence-corrected chi connectivity index (χ0v) is 17.3. The Hall–Kier alpha value is -2.95. The highest BCUT2D eigenvalue weighted by atomic mass is 32.1. The first-order valence-corrected chi connectivity index (χ1v) is 9.44. The number of benzene rings is 1. The largest absolute Gasteiger partial charge is 0.480 e. The molecule has 10 nitrogen and oxygen atoms in total. The molecule has 0 bridgehead atoms. The van der Waals surface area contributed by atoms with Crippen molar-refractivity contribution in [1.82, 2.24) is 21.1 Å². The summed E-state index contributed by atoms with van der Waals surface area (Å²) in [6, 6.07) is 6.02. The molecule has 0 saturated carbocycles. The number of nitrogens with zero attached hydrogens (tertiary/aromatic N) is 1. The number of carbonyl (C=O) groups is 4. The molecule has 1 aromatic carbocycles. The Kier molecular flexibility index (Phi) is 9.80. The van der Waals surface area contributed by atoms with Crippen molar-refractivity contribution >= 4 is 36.6 Å². The number of thiol groups is 1. The molecule has 0 spiro atoms.